The van der Waals surface area contributed by atoms with E-state index in [9.17, 15) is 8.78 Å². The summed E-state index contributed by atoms with van der Waals surface area (Å²) in [7, 11) is 0. The van der Waals surface area contributed by atoms with Crippen molar-refractivity contribution in [3.8, 4) is 0 Å². The molecule has 1 aliphatic carbocycles. The van der Waals surface area contributed by atoms with Crippen molar-refractivity contribution in [3.63, 3.8) is 0 Å². The molecule has 1 fully saturated rings. The van der Waals surface area contributed by atoms with Gasteiger partial charge in [-0.3, -0.25) is 4.98 Å². The van der Waals surface area contributed by atoms with Crippen molar-refractivity contribution in [1.29, 1.82) is 0 Å². The first-order valence-electron chi connectivity index (χ1n) is 16.5. The van der Waals surface area contributed by atoms with Crippen LogP contribution < -0.4 is 0 Å². The number of benzene rings is 1. The molecule has 3 atom stereocenters. The van der Waals surface area contributed by atoms with Gasteiger partial charge in [-0.05, 0) is 102 Å². The second-order valence-corrected chi connectivity index (χ2v) is 13.8. The Kier molecular flexibility index (Phi) is 12.1. The van der Waals surface area contributed by atoms with Gasteiger partial charge in [-0.2, -0.15) is 0 Å². The van der Waals surface area contributed by atoms with Crippen LogP contribution in [0.4, 0.5) is 13.2 Å². The summed E-state index contributed by atoms with van der Waals surface area (Å²) in [5.74, 6) is 0.483. The third-order valence-electron chi connectivity index (χ3n) is 10.7. The predicted octanol–water partition coefficient (Wildman–Crippen LogP) is 12.3. The zero-order valence-corrected chi connectivity index (χ0v) is 28.5. The number of halogens is 3. The first-order valence-corrected chi connectivity index (χ1v) is 16.5. The van der Waals surface area contributed by atoms with Gasteiger partial charge in [0.1, 0.15) is 5.82 Å². The SMILES string of the molecule is C=C(/C=C\C(=C/C)c1cnc(C2(C)CCC2)c(F)c1)C(C)(C)C(C)C(C)CC(C)c1c(CC(F)F)cccc1/C(=C/C)CC. The second kappa shape index (κ2) is 14.9. The monoisotopic (exact) mass is 605 g/mol. The van der Waals surface area contributed by atoms with Crippen LogP contribution in [-0.2, 0) is 11.8 Å². The lowest BCUT2D eigenvalue weighted by atomic mass is 9.67. The minimum atomic E-state index is -2.38. The summed E-state index contributed by atoms with van der Waals surface area (Å²) in [5, 5.41) is 0. The third-order valence-corrected chi connectivity index (χ3v) is 10.7. The summed E-state index contributed by atoms with van der Waals surface area (Å²) in [4.78, 5) is 4.55. The van der Waals surface area contributed by atoms with Crippen molar-refractivity contribution in [2.75, 3.05) is 0 Å². The second-order valence-electron chi connectivity index (χ2n) is 13.8. The summed E-state index contributed by atoms with van der Waals surface area (Å²) in [6.45, 7) is 23.8. The van der Waals surface area contributed by atoms with E-state index in [0.29, 0.717) is 11.6 Å². The summed E-state index contributed by atoms with van der Waals surface area (Å²) in [6, 6.07) is 7.49. The van der Waals surface area contributed by atoms with Crippen LogP contribution in [0.2, 0.25) is 0 Å². The molecule has 240 valence electrons. The molecule has 3 unspecified atom stereocenters. The van der Waals surface area contributed by atoms with E-state index in [1.165, 1.54) is 5.57 Å². The summed E-state index contributed by atoms with van der Waals surface area (Å²) in [5.41, 5.74) is 7.01. The van der Waals surface area contributed by atoms with Crippen LogP contribution in [0, 0.1) is 23.1 Å². The Bertz CT molecular complexity index is 1390. The molecule has 1 nitrogen and oxygen atoms in total. The van der Waals surface area contributed by atoms with Crippen molar-refractivity contribution >= 4 is 11.1 Å². The van der Waals surface area contributed by atoms with Gasteiger partial charge in [-0.15, -0.1) is 0 Å². The fourth-order valence-electron chi connectivity index (χ4n) is 7.00. The van der Waals surface area contributed by atoms with Crippen molar-refractivity contribution in [2.24, 2.45) is 17.3 Å². The van der Waals surface area contributed by atoms with Crippen molar-refractivity contribution in [3.05, 3.63) is 101 Å². The van der Waals surface area contributed by atoms with Gasteiger partial charge in [0.2, 0.25) is 6.43 Å². The van der Waals surface area contributed by atoms with Crippen molar-refractivity contribution in [1.82, 2.24) is 4.98 Å². The van der Waals surface area contributed by atoms with Crippen LogP contribution in [0.1, 0.15) is 128 Å². The molecule has 1 saturated carbocycles. The van der Waals surface area contributed by atoms with Gasteiger partial charge in [-0.25, -0.2) is 13.2 Å². The molecule has 1 aromatic heterocycles. The minimum Gasteiger partial charge on any atom is -0.257 e. The highest BCUT2D eigenvalue weighted by Crippen LogP contribution is 2.45. The largest absolute Gasteiger partial charge is 0.257 e. The highest BCUT2D eigenvalue weighted by atomic mass is 19.3. The molecule has 44 heavy (non-hydrogen) atoms. The Morgan fingerprint density at radius 2 is 1.77 bits per heavy atom. The lowest BCUT2D eigenvalue weighted by Crippen LogP contribution is -2.32. The highest BCUT2D eigenvalue weighted by molar-refractivity contribution is 5.74. The van der Waals surface area contributed by atoms with Crippen molar-refractivity contribution < 1.29 is 13.2 Å². The number of pyridine rings is 1. The van der Waals surface area contributed by atoms with E-state index in [1.54, 1.807) is 12.3 Å². The van der Waals surface area contributed by atoms with Gasteiger partial charge in [-0.1, -0.05) is 104 Å². The molecule has 1 aliphatic rings. The molecule has 0 amide bonds. The van der Waals surface area contributed by atoms with Crippen LogP contribution in [0.15, 0.2) is 66.9 Å². The van der Waals surface area contributed by atoms with E-state index in [1.807, 2.05) is 38.1 Å². The Hall–Kier alpha value is -2.88. The average Bonchev–Trinajstić information content (AvgIpc) is 2.96. The smallest absolute Gasteiger partial charge is 0.242 e. The molecule has 0 saturated heterocycles. The number of rotatable bonds is 14. The number of nitrogens with zero attached hydrogens (tertiary/aromatic N) is 1. The molecule has 0 spiro atoms. The highest BCUT2D eigenvalue weighted by Gasteiger charge is 2.37. The van der Waals surface area contributed by atoms with E-state index < -0.39 is 6.43 Å². The molecule has 0 N–H and O–H groups in total. The van der Waals surface area contributed by atoms with Gasteiger partial charge in [0.25, 0.3) is 0 Å². The number of allylic oxidation sites excluding steroid dienone is 7. The van der Waals surface area contributed by atoms with Crippen LogP contribution >= 0.6 is 0 Å². The molecule has 1 heterocycles. The quantitative estimate of drug-likeness (QED) is 0.195. The van der Waals surface area contributed by atoms with Crippen LogP contribution in [0.3, 0.4) is 0 Å². The van der Waals surface area contributed by atoms with Crippen molar-refractivity contribution in [2.45, 2.75) is 119 Å². The normalized spacial score (nSPS) is 17.9. The van der Waals surface area contributed by atoms with Gasteiger partial charge in [0, 0.05) is 23.6 Å². The summed E-state index contributed by atoms with van der Waals surface area (Å²) >= 11 is 0. The lowest BCUT2D eigenvalue weighted by molar-refractivity contribution is 0.148. The summed E-state index contributed by atoms with van der Waals surface area (Å²) < 4.78 is 42.3. The van der Waals surface area contributed by atoms with E-state index in [0.717, 1.165) is 65.5 Å². The molecule has 0 bridgehead atoms. The fraction of sp³-hybridized carbons (Fsp3) is 0.525. The van der Waals surface area contributed by atoms with E-state index in [-0.39, 0.29) is 34.9 Å². The fourth-order valence-corrected chi connectivity index (χ4v) is 7.00. The zero-order chi connectivity index (χ0) is 32.8. The maximum Gasteiger partial charge on any atom is 0.242 e. The van der Waals surface area contributed by atoms with E-state index in [4.69, 9.17) is 0 Å². The van der Waals surface area contributed by atoms with Crippen LogP contribution in [0.25, 0.3) is 11.1 Å². The molecule has 3 rings (SSSR count). The van der Waals surface area contributed by atoms with E-state index >= 15 is 4.39 Å². The van der Waals surface area contributed by atoms with Gasteiger partial charge >= 0.3 is 0 Å². The Labute approximate surface area is 265 Å². The lowest BCUT2D eigenvalue weighted by Gasteiger charge is -2.38. The molecule has 0 radical (unpaired) electrons. The molecule has 0 aliphatic heterocycles. The maximum absolute atomic E-state index is 15.1. The Balaban J connectivity index is 1.78. The van der Waals surface area contributed by atoms with Crippen LogP contribution in [0.5, 0.6) is 0 Å². The number of hydrogen-bond acceptors (Lipinski definition) is 1. The maximum atomic E-state index is 15.1. The number of hydrogen-bond donors (Lipinski definition) is 0. The first kappa shape index (κ1) is 35.6. The topological polar surface area (TPSA) is 12.9 Å². The van der Waals surface area contributed by atoms with Gasteiger partial charge in [0.05, 0.1) is 5.69 Å². The molecule has 2 aromatic rings. The Morgan fingerprint density at radius 3 is 2.30 bits per heavy atom. The van der Waals surface area contributed by atoms with Gasteiger partial charge < -0.3 is 0 Å². The first-order chi connectivity index (χ1) is 20.7. The standard InChI is InChI=1S/C40H54F3N/c1-11-30(12-2)34-17-14-16-32(24-36(42)43)37(34)27(5)22-26(4)29(7)39(8,9)28(6)18-19-31(13-3)33-23-35(41)38(44-25-33)40(10)20-15-21-40/h11,13-14,16-19,23,25-27,29,36H,6,12,15,20-22,24H2,1-5,7-10H3/b19-18-,30-11+,31-13+. The third kappa shape index (κ3) is 7.85. The molecule has 4 heteroatoms. The van der Waals surface area contributed by atoms with Crippen LogP contribution in [-0.4, -0.2) is 11.4 Å². The van der Waals surface area contributed by atoms with E-state index in [2.05, 4.69) is 78.2 Å². The van der Waals surface area contributed by atoms with Gasteiger partial charge in [0.15, 0.2) is 0 Å². The Morgan fingerprint density at radius 1 is 1.09 bits per heavy atom. The predicted molar refractivity (Wildman–Crippen MR) is 183 cm³/mol. The minimum absolute atomic E-state index is 0.126. The number of alkyl halides is 2. The molecular weight excluding hydrogens is 551 g/mol. The number of aromatic nitrogens is 1. The summed E-state index contributed by atoms with van der Waals surface area (Å²) in [6.07, 6.45) is 12.2. The zero-order valence-electron chi connectivity index (χ0n) is 28.5. The average molecular weight is 606 g/mol. The molecule has 1 aromatic carbocycles. The molecular formula is C40H54F3N.